The zero-order chi connectivity index (χ0) is 15.9. The number of thioether (sulfide) groups is 1. The molecule has 0 spiro atoms. The van der Waals surface area contributed by atoms with Gasteiger partial charge in [-0.25, -0.2) is 4.98 Å². The molecule has 3 heterocycles. The molecule has 1 atom stereocenters. The first-order valence-electron chi connectivity index (χ1n) is 7.97. The zero-order valence-corrected chi connectivity index (χ0v) is 14.3. The highest BCUT2D eigenvalue weighted by Gasteiger charge is 2.30. The van der Waals surface area contributed by atoms with E-state index in [4.69, 9.17) is 0 Å². The minimum Gasteiger partial charge on any atom is -0.343 e. The smallest absolute Gasteiger partial charge is 0.257 e. The number of carbonyl (C=O) groups is 1. The van der Waals surface area contributed by atoms with Crippen molar-refractivity contribution >= 4 is 17.7 Å². The molecule has 2 aliphatic rings. The standard InChI is InChI=1S/C16H23N3O2S/c1-10-4-6-18(7-5-10)14(20)8-13-9-22-16-17-12(3)11(2)15(21)19(13)16/h10,13H,4-9H2,1-3H3. The molecule has 3 rings (SSSR count). The molecule has 0 bridgehead atoms. The topological polar surface area (TPSA) is 55.2 Å². The second kappa shape index (κ2) is 6.07. The number of nitrogens with zero attached hydrogens (tertiary/aromatic N) is 3. The van der Waals surface area contributed by atoms with Crippen LogP contribution in [-0.2, 0) is 4.79 Å². The zero-order valence-electron chi connectivity index (χ0n) is 13.5. The van der Waals surface area contributed by atoms with E-state index in [1.54, 1.807) is 16.3 Å². The number of piperidine rings is 1. The van der Waals surface area contributed by atoms with Crippen LogP contribution in [-0.4, -0.2) is 39.2 Å². The van der Waals surface area contributed by atoms with Crippen LogP contribution in [0, 0.1) is 19.8 Å². The van der Waals surface area contributed by atoms with E-state index in [-0.39, 0.29) is 17.5 Å². The van der Waals surface area contributed by atoms with Crippen LogP contribution in [0.3, 0.4) is 0 Å². The summed E-state index contributed by atoms with van der Waals surface area (Å²) in [6.07, 6.45) is 2.58. The van der Waals surface area contributed by atoms with Crippen molar-refractivity contribution in [3.8, 4) is 0 Å². The third-order valence-corrected chi connectivity index (χ3v) is 5.97. The maximum atomic E-state index is 12.5. The lowest BCUT2D eigenvalue weighted by atomic mass is 9.99. The molecule has 1 saturated heterocycles. The number of fused-ring (bicyclic) bond motifs is 1. The monoisotopic (exact) mass is 321 g/mol. The van der Waals surface area contributed by atoms with Crippen LogP contribution in [0.4, 0.5) is 0 Å². The number of carbonyl (C=O) groups excluding carboxylic acids is 1. The van der Waals surface area contributed by atoms with Crippen LogP contribution in [0.1, 0.15) is 43.5 Å². The van der Waals surface area contributed by atoms with Gasteiger partial charge in [-0.1, -0.05) is 18.7 Å². The highest BCUT2D eigenvalue weighted by Crippen LogP contribution is 2.33. The Labute approximate surface area is 135 Å². The third-order valence-electron chi connectivity index (χ3n) is 4.87. The Morgan fingerprint density at radius 3 is 2.68 bits per heavy atom. The van der Waals surface area contributed by atoms with E-state index >= 15 is 0 Å². The van der Waals surface area contributed by atoms with Gasteiger partial charge in [0.25, 0.3) is 5.56 Å². The molecule has 1 fully saturated rings. The first kappa shape index (κ1) is 15.6. The normalized spacial score (nSPS) is 22.0. The van der Waals surface area contributed by atoms with Crippen molar-refractivity contribution < 1.29 is 4.79 Å². The molecule has 1 amide bonds. The van der Waals surface area contributed by atoms with E-state index < -0.39 is 0 Å². The number of hydrogen-bond donors (Lipinski definition) is 0. The predicted molar refractivity (Wildman–Crippen MR) is 87.3 cm³/mol. The average molecular weight is 321 g/mol. The van der Waals surface area contributed by atoms with Gasteiger partial charge in [0.1, 0.15) is 0 Å². The number of rotatable bonds is 2. The van der Waals surface area contributed by atoms with Crippen molar-refractivity contribution in [1.82, 2.24) is 14.5 Å². The Kier molecular flexibility index (Phi) is 4.30. The van der Waals surface area contributed by atoms with Gasteiger partial charge in [0, 0.05) is 36.5 Å². The fourth-order valence-electron chi connectivity index (χ4n) is 3.11. The van der Waals surface area contributed by atoms with Gasteiger partial charge in [0.15, 0.2) is 5.16 Å². The van der Waals surface area contributed by atoms with Gasteiger partial charge in [0.2, 0.25) is 5.91 Å². The number of aromatic nitrogens is 2. The predicted octanol–water partition coefficient (Wildman–Crippen LogP) is 2.16. The van der Waals surface area contributed by atoms with Gasteiger partial charge < -0.3 is 4.90 Å². The van der Waals surface area contributed by atoms with Crippen molar-refractivity contribution in [2.45, 2.75) is 51.2 Å². The summed E-state index contributed by atoms with van der Waals surface area (Å²) in [5.41, 5.74) is 1.49. The molecule has 5 nitrogen and oxygen atoms in total. The fraction of sp³-hybridized carbons (Fsp3) is 0.688. The molecule has 0 radical (unpaired) electrons. The molecule has 1 aromatic rings. The highest BCUT2D eigenvalue weighted by atomic mass is 32.2. The maximum Gasteiger partial charge on any atom is 0.257 e. The molecular weight excluding hydrogens is 298 g/mol. The van der Waals surface area contributed by atoms with Gasteiger partial charge in [-0.3, -0.25) is 14.2 Å². The minimum absolute atomic E-state index is 0.0116. The summed E-state index contributed by atoms with van der Waals surface area (Å²) < 4.78 is 1.73. The number of hydrogen-bond acceptors (Lipinski definition) is 4. The van der Waals surface area contributed by atoms with Crippen molar-refractivity contribution in [2.24, 2.45) is 5.92 Å². The Morgan fingerprint density at radius 1 is 1.32 bits per heavy atom. The second-order valence-corrected chi connectivity index (χ2v) is 7.50. The Balaban J connectivity index is 1.75. The van der Waals surface area contributed by atoms with E-state index in [0.29, 0.717) is 17.9 Å². The van der Waals surface area contributed by atoms with E-state index in [2.05, 4.69) is 11.9 Å². The molecule has 1 unspecified atom stereocenters. The molecule has 0 aromatic carbocycles. The van der Waals surface area contributed by atoms with Gasteiger partial charge in [0.05, 0.1) is 6.04 Å². The van der Waals surface area contributed by atoms with Crippen molar-refractivity contribution in [3.63, 3.8) is 0 Å². The lowest BCUT2D eigenvalue weighted by molar-refractivity contribution is -0.133. The van der Waals surface area contributed by atoms with Crippen LogP contribution in [0.25, 0.3) is 0 Å². The van der Waals surface area contributed by atoms with Gasteiger partial charge >= 0.3 is 0 Å². The molecule has 0 saturated carbocycles. The van der Waals surface area contributed by atoms with E-state index in [0.717, 1.165) is 42.5 Å². The molecule has 120 valence electrons. The fourth-order valence-corrected chi connectivity index (χ4v) is 4.29. The van der Waals surface area contributed by atoms with Gasteiger partial charge in [-0.2, -0.15) is 0 Å². The summed E-state index contributed by atoms with van der Waals surface area (Å²) in [5, 5.41) is 0.762. The maximum absolute atomic E-state index is 12.5. The largest absolute Gasteiger partial charge is 0.343 e. The Hall–Kier alpha value is -1.30. The first-order valence-corrected chi connectivity index (χ1v) is 8.96. The van der Waals surface area contributed by atoms with Crippen LogP contribution >= 0.6 is 11.8 Å². The summed E-state index contributed by atoms with van der Waals surface area (Å²) in [7, 11) is 0. The number of amides is 1. The van der Waals surface area contributed by atoms with Crippen LogP contribution in [0.15, 0.2) is 9.95 Å². The van der Waals surface area contributed by atoms with Gasteiger partial charge in [-0.15, -0.1) is 0 Å². The molecule has 2 aliphatic heterocycles. The lowest BCUT2D eigenvalue weighted by Crippen LogP contribution is -2.39. The summed E-state index contributed by atoms with van der Waals surface area (Å²) in [6, 6.07) is -0.0499. The Morgan fingerprint density at radius 2 is 2.00 bits per heavy atom. The van der Waals surface area contributed by atoms with E-state index in [9.17, 15) is 9.59 Å². The van der Waals surface area contributed by atoms with Crippen LogP contribution < -0.4 is 5.56 Å². The summed E-state index contributed by atoms with van der Waals surface area (Å²) in [4.78, 5) is 31.4. The minimum atomic E-state index is -0.0499. The summed E-state index contributed by atoms with van der Waals surface area (Å²) in [6.45, 7) is 7.62. The lowest BCUT2D eigenvalue weighted by Gasteiger charge is -2.31. The number of aryl methyl sites for hydroxylation is 1. The van der Waals surface area contributed by atoms with Crippen molar-refractivity contribution in [3.05, 3.63) is 21.6 Å². The van der Waals surface area contributed by atoms with Crippen molar-refractivity contribution in [1.29, 1.82) is 0 Å². The van der Waals surface area contributed by atoms with E-state index in [1.807, 2.05) is 18.7 Å². The van der Waals surface area contributed by atoms with Crippen LogP contribution in [0.5, 0.6) is 0 Å². The average Bonchev–Trinajstić information content (AvgIpc) is 2.88. The van der Waals surface area contributed by atoms with Gasteiger partial charge in [-0.05, 0) is 32.6 Å². The number of likely N-dealkylation sites (tertiary alicyclic amines) is 1. The second-order valence-electron chi connectivity index (χ2n) is 6.51. The third kappa shape index (κ3) is 2.81. The van der Waals surface area contributed by atoms with Crippen LogP contribution in [0.2, 0.25) is 0 Å². The molecule has 1 aromatic heterocycles. The molecule has 22 heavy (non-hydrogen) atoms. The molecule has 0 aliphatic carbocycles. The van der Waals surface area contributed by atoms with Crippen molar-refractivity contribution in [2.75, 3.05) is 18.8 Å². The molecular formula is C16H23N3O2S. The summed E-state index contributed by atoms with van der Waals surface area (Å²) >= 11 is 1.58. The SMILES string of the molecule is Cc1nc2n(c(=O)c1C)C(CC(=O)N1CCC(C)CC1)CS2. The molecule has 6 heteroatoms. The Bertz CT molecular complexity index is 648. The first-order chi connectivity index (χ1) is 10.5. The summed E-state index contributed by atoms with van der Waals surface area (Å²) in [5.74, 6) is 1.65. The van der Waals surface area contributed by atoms with E-state index in [1.165, 1.54) is 0 Å². The quantitative estimate of drug-likeness (QED) is 0.783. The highest BCUT2D eigenvalue weighted by molar-refractivity contribution is 7.99. The molecule has 0 N–H and O–H groups in total.